The van der Waals surface area contributed by atoms with E-state index in [1.165, 1.54) is 0 Å². The van der Waals surface area contributed by atoms with E-state index in [1.807, 2.05) is 69.3 Å². The van der Waals surface area contributed by atoms with Gasteiger partial charge in [-0.3, -0.25) is 9.59 Å². The molecule has 1 atom stereocenters. The van der Waals surface area contributed by atoms with Crippen LogP contribution in [0.4, 0.5) is 0 Å². The summed E-state index contributed by atoms with van der Waals surface area (Å²) < 4.78 is 10.6. The molecular weight excluding hydrogens is 392 g/mol. The van der Waals surface area contributed by atoms with Gasteiger partial charge in [-0.2, -0.15) is 0 Å². The van der Waals surface area contributed by atoms with Crippen molar-refractivity contribution in [1.82, 2.24) is 10.2 Å². The average Bonchev–Trinajstić information content (AvgIpc) is 2.74. The third-order valence-electron chi connectivity index (χ3n) is 4.94. The lowest BCUT2D eigenvalue weighted by atomic mass is 10.1. The summed E-state index contributed by atoms with van der Waals surface area (Å²) in [5.41, 5.74) is 1.58. The molecule has 2 aromatic carbocycles. The number of carbonyl (C=O) groups excluding carboxylic acids is 2. The number of carbonyl (C=O) groups is 2. The summed E-state index contributed by atoms with van der Waals surface area (Å²) in [5.74, 6) is 1.04. The molecule has 0 saturated carbocycles. The first-order valence-electron chi connectivity index (χ1n) is 10.5. The zero-order valence-electron chi connectivity index (χ0n) is 19.4. The normalized spacial score (nSPS) is 12.1. The zero-order chi connectivity index (χ0) is 23.0. The van der Waals surface area contributed by atoms with Crippen LogP contribution in [-0.2, 0) is 22.6 Å². The van der Waals surface area contributed by atoms with Crippen LogP contribution in [0, 0.1) is 0 Å². The number of nitrogens with zero attached hydrogens (tertiary/aromatic N) is 1. The second-order valence-corrected chi connectivity index (χ2v) is 8.61. The highest BCUT2D eigenvalue weighted by molar-refractivity contribution is 5.87. The lowest BCUT2D eigenvalue weighted by Gasteiger charge is -2.31. The van der Waals surface area contributed by atoms with Gasteiger partial charge in [0.05, 0.1) is 14.2 Å². The largest absolute Gasteiger partial charge is 0.493 e. The Bertz CT molecular complexity index is 875. The molecule has 168 valence electrons. The van der Waals surface area contributed by atoms with Gasteiger partial charge in [-0.15, -0.1) is 0 Å². The number of amides is 2. The number of hydrogen-bond donors (Lipinski definition) is 1. The lowest BCUT2D eigenvalue weighted by molar-refractivity contribution is -0.141. The Morgan fingerprint density at radius 3 is 2.19 bits per heavy atom. The molecule has 0 aliphatic rings. The van der Waals surface area contributed by atoms with Crippen LogP contribution in [0.15, 0.2) is 48.5 Å². The Kier molecular flexibility index (Phi) is 8.48. The van der Waals surface area contributed by atoms with Gasteiger partial charge in [0.25, 0.3) is 0 Å². The Balaban J connectivity index is 2.16. The SMILES string of the molecule is COc1ccc(CCC(=O)N(Cc2ccccc2)[C@@H](C)C(=O)NC(C)(C)C)cc1OC. The minimum atomic E-state index is -0.586. The third-order valence-corrected chi connectivity index (χ3v) is 4.94. The number of aryl methyl sites for hydroxylation is 1. The number of benzene rings is 2. The molecule has 0 aromatic heterocycles. The predicted octanol–water partition coefficient (Wildman–Crippen LogP) is 3.97. The van der Waals surface area contributed by atoms with E-state index in [0.717, 1.165) is 11.1 Å². The molecule has 2 rings (SSSR count). The Labute approximate surface area is 185 Å². The molecule has 0 heterocycles. The van der Waals surface area contributed by atoms with Crippen LogP contribution in [0.5, 0.6) is 11.5 Å². The van der Waals surface area contributed by atoms with Gasteiger partial charge in [-0.05, 0) is 57.4 Å². The van der Waals surface area contributed by atoms with Crippen molar-refractivity contribution in [2.24, 2.45) is 0 Å². The highest BCUT2D eigenvalue weighted by Crippen LogP contribution is 2.28. The average molecular weight is 427 g/mol. The molecule has 0 saturated heterocycles. The molecule has 0 radical (unpaired) electrons. The number of rotatable bonds is 9. The highest BCUT2D eigenvalue weighted by Gasteiger charge is 2.28. The minimum Gasteiger partial charge on any atom is -0.493 e. The van der Waals surface area contributed by atoms with Gasteiger partial charge in [-0.25, -0.2) is 0 Å². The summed E-state index contributed by atoms with van der Waals surface area (Å²) in [6.07, 6.45) is 0.827. The second-order valence-electron chi connectivity index (χ2n) is 8.61. The van der Waals surface area contributed by atoms with E-state index in [1.54, 1.807) is 26.0 Å². The standard InChI is InChI=1S/C25H34N2O4/c1-18(24(29)26-25(2,3)4)27(17-20-10-8-7-9-11-20)23(28)15-13-19-12-14-21(30-5)22(16-19)31-6/h7-12,14,16,18H,13,15,17H2,1-6H3,(H,26,29)/t18-/m0/s1. The molecular formula is C25H34N2O4. The van der Waals surface area contributed by atoms with Crippen LogP contribution in [0.1, 0.15) is 45.2 Å². The summed E-state index contributed by atoms with van der Waals surface area (Å²) in [5, 5.41) is 2.98. The Morgan fingerprint density at radius 1 is 0.968 bits per heavy atom. The summed E-state index contributed by atoms with van der Waals surface area (Å²) >= 11 is 0. The van der Waals surface area contributed by atoms with Gasteiger partial charge < -0.3 is 19.7 Å². The van der Waals surface area contributed by atoms with Crippen molar-refractivity contribution in [3.05, 3.63) is 59.7 Å². The number of hydrogen-bond acceptors (Lipinski definition) is 4. The van der Waals surface area contributed by atoms with Gasteiger partial charge in [0.2, 0.25) is 11.8 Å². The molecule has 0 aliphatic heterocycles. The van der Waals surface area contributed by atoms with Crippen molar-refractivity contribution in [2.75, 3.05) is 14.2 Å². The number of methoxy groups -OCH3 is 2. The van der Waals surface area contributed by atoms with Crippen LogP contribution in [0.2, 0.25) is 0 Å². The van der Waals surface area contributed by atoms with Gasteiger partial charge in [0.1, 0.15) is 6.04 Å². The van der Waals surface area contributed by atoms with Gasteiger partial charge >= 0.3 is 0 Å². The molecule has 2 aromatic rings. The van der Waals surface area contributed by atoms with E-state index in [2.05, 4.69) is 5.32 Å². The van der Waals surface area contributed by atoms with E-state index in [9.17, 15) is 9.59 Å². The van der Waals surface area contributed by atoms with Crippen molar-refractivity contribution >= 4 is 11.8 Å². The van der Waals surface area contributed by atoms with E-state index in [0.29, 0.717) is 24.5 Å². The van der Waals surface area contributed by atoms with Gasteiger partial charge in [0.15, 0.2) is 11.5 Å². The molecule has 0 aliphatic carbocycles. The maximum atomic E-state index is 13.2. The van der Waals surface area contributed by atoms with Gasteiger partial charge in [-0.1, -0.05) is 36.4 Å². The molecule has 1 N–H and O–H groups in total. The zero-order valence-corrected chi connectivity index (χ0v) is 19.4. The first kappa shape index (κ1) is 24.3. The summed E-state index contributed by atoms with van der Waals surface area (Å²) in [4.78, 5) is 27.6. The quantitative estimate of drug-likeness (QED) is 0.659. The third kappa shape index (κ3) is 7.31. The smallest absolute Gasteiger partial charge is 0.242 e. The number of ether oxygens (including phenoxy) is 2. The molecule has 0 fully saturated rings. The summed E-state index contributed by atoms with van der Waals surface area (Å²) in [7, 11) is 3.18. The maximum absolute atomic E-state index is 13.2. The lowest BCUT2D eigenvalue weighted by Crippen LogP contribution is -2.52. The molecule has 0 unspecified atom stereocenters. The fourth-order valence-electron chi connectivity index (χ4n) is 3.27. The fraction of sp³-hybridized carbons (Fsp3) is 0.440. The molecule has 6 nitrogen and oxygen atoms in total. The molecule has 31 heavy (non-hydrogen) atoms. The number of nitrogens with one attached hydrogen (secondary N) is 1. The monoisotopic (exact) mass is 426 g/mol. The molecule has 2 amide bonds. The van der Waals surface area contributed by atoms with Crippen LogP contribution in [0.3, 0.4) is 0 Å². The maximum Gasteiger partial charge on any atom is 0.242 e. The summed E-state index contributed by atoms with van der Waals surface area (Å²) in [6.45, 7) is 7.94. The van der Waals surface area contributed by atoms with Crippen molar-refractivity contribution in [2.45, 2.75) is 58.7 Å². The first-order chi connectivity index (χ1) is 14.6. The van der Waals surface area contributed by atoms with Crippen molar-refractivity contribution in [3.8, 4) is 11.5 Å². The summed E-state index contributed by atoms with van der Waals surface area (Å²) in [6, 6.07) is 14.8. The van der Waals surface area contributed by atoms with Crippen LogP contribution >= 0.6 is 0 Å². The van der Waals surface area contributed by atoms with Crippen molar-refractivity contribution in [3.63, 3.8) is 0 Å². The van der Waals surface area contributed by atoms with E-state index in [-0.39, 0.29) is 23.8 Å². The van der Waals surface area contributed by atoms with E-state index < -0.39 is 6.04 Å². The fourth-order valence-corrected chi connectivity index (χ4v) is 3.27. The van der Waals surface area contributed by atoms with Gasteiger partial charge in [0, 0.05) is 18.5 Å². The first-order valence-corrected chi connectivity index (χ1v) is 10.5. The van der Waals surface area contributed by atoms with Crippen LogP contribution in [0.25, 0.3) is 0 Å². The van der Waals surface area contributed by atoms with Crippen LogP contribution in [-0.4, -0.2) is 42.5 Å². The van der Waals surface area contributed by atoms with Crippen molar-refractivity contribution < 1.29 is 19.1 Å². The highest BCUT2D eigenvalue weighted by atomic mass is 16.5. The Morgan fingerprint density at radius 2 is 1.61 bits per heavy atom. The van der Waals surface area contributed by atoms with E-state index >= 15 is 0 Å². The van der Waals surface area contributed by atoms with Crippen LogP contribution < -0.4 is 14.8 Å². The van der Waals surface area contributed by atoms with Crippen molar-refractivity contribution in [1.29, 1.82) is 0 Å². The topological polar surface area (TPSA) is 67.9 Å². The molecule has 0 spiro atoms. The Hall–Kier alpha value is -3.02. The minimum absolute atomic E-state index is 0.0739. The molecule has 6 heteroatoms. The second kappa shape index (κ2) is 10.8. The van der Waals surface area contributed by atoms with E-state index in [4.69, 9.17) is 9.47 Å². The molecule has 0 bridgehead atoms. The predicted molar refractivity (Wildman–Crippen MR) is 122 cm³/mol.